The molecule has 0 saturated heterocycles. The molecule has 0 bridgehead atoms. The molecule has 0 radical (unpaired) electrons. The van der Waals surface area contributed by atoms with Crippen LogP contribution in [0.1, 0.15) is 25.3 Å². The molecule has 0 fully saturated rings. The summed E-state index contributed by atoms with van der Waals surface area (Å²) in [5.41, 5.74) is 0.342. The summed E-state index contributed by atoms with van der Waals surface area (Å²) < 4.78 is 40.2. The summed E-state index contributed by atoms with van der Waals surface area (Å²) in [4.78, 5) is 0. The van der Waals surface area contributed by atoms with Crippen molar-refractivity contribution in [3.63, 3.8) is 0 Å². The molecule has 1 rings (SSSR count). The Morgan fingerprint density at radius 1 is 1.19 bits per heavy atom. The lowest BCUT2D eigenvalue weighted by atomic mass is 9.95. The molecule has 1 aromatic rings. The minimum atomic E-state index is -4.71. The maximum atomic E-state index is 12.1. The lowest BCUT2D eigenvalue weighted by molar-refractivity contribution is -0.275. The first-order chi connectivity index (χ1) is 7.31. The van der Waals surface area contributed by atoms with Gasteiger partial charge in [0.25, 0.3) is 0 Å². The topological polar surface area (TPSA) is 29.5 Å². The zero-order chi connectivity index (χ0) is 12.3. The summed E-state index contributed by atoms with van der Waals surface area (Å²) in [5, 5.41) is 9.36. The second kappa shape index (κ2) is 4.74. The van der Waals surface area contributed by atoms with E-state index in [0.29, 0.717) is 5.56 Å². The van der Waals surface area contributed by atoms with Crippen LogP contribution in [-0.4, -0.2) is 17.6 Å². The van der Waals surface area contributed by atoms with E-state index in [9.17, 15) is 18.3 Å². The highest BCUT2D eigenvalue weighted by Gasteiger charge is 2.32. The fraction of sp³-hybridized carbons (Fsp3) is 0.455. The van der Waals surface area contributed by atoms with Crippen LogP contribution >= 0.6 is 0 Å². The molecule has 16 heavy (non-hydrogen) atoms. The molecule has 1 N–H and O–H groups in total. The largest absolute Gasteiger partial charge is 0.573 e. The molecule has 0 aliphatic carbocycles. The van der Waals surface area contributed by atoms with Crippen LogP contribution in [0.4, 0.5) is 13.2 Å². The quantitative estimate of drug-likeness (QED) is 0.870. The Kier molecular flexibility index (Phi) is 3.80. The van der Waals surface area contributed by atoms with E-state index in [4.69, 9.17) is 0 Å². The Labute approximate surface area is 91.7 Å². The zero-order valence-electron chi connectivity index (χ0n) is 8.95. The summed E-state index contributed by atoms with van der Waals surface area (Å²) in [5.74, 6) is -0.679. The molecular weight excluding hydrogens is 221 g/mol. The second-order valence-corrected chi connectivity index (χ2v) is 3.61. The van der Waals surface area contributed by atoms with Gasteiger partial charge in [-0.1, -0.05) is 25.1 Å². The number of hydrogen-bond donors (Lipinski definition) is 1. The highest BCUT2D eigenvalue weighted by atomic mass is 19.4. The van der Waals surface area contributed by atoms with Crippen LogP contribution in [0.5, 0.6) is 5.75 Å². The van der Waals surface area contributed by atoms with Crippen molar-refractivity contribution >= 4 is 0 Å². The van der Waals surface area contributed by atoms with Gasteiger partial charge in [0.15, 0.2) is 0 Å². The number of para-hydroxylation sites is 1. The van der Waals surface area contributed by atoms with Crippen molar-refractivity contribution in [3.8, 4) is 5.75 Å². The van der Waals surface area contributed by atoms with Crippen molar-refractivity contribution in [2.75, 3.05) is 0 Å². The molecule has 2 unspecified atom stereocenters. The number of rotatable bonds is 3. The van der Waals surface area contributed by atoms with Crippen LogP contribution in [0.3, 0.4) is 0 Å². The first-order valence-electron chi connectivity index (χ1n) is 4.84. The molecule has 0 aliphatic rings. The SMILES string of the molecule is CC(O)C(C)c1ccccc1OC(F)(F)F. The molecule has 2 nitrogen and oxygen atoms in total. The molecule has 90 valence electrons. The standard InChI is InChI=1S/C11H13F3O2/c1-7(8(2)15)9-5-3-4-6-10(9)16-11(12,13)14/h3-8,15H,1-2H3. The zero-order valence-corrected chi connectivity index (χ0v) is 8.95. The van der Waals surface area contributed by atoms with Gasteiger partial charge in [0.2, 0.25) is 0 Å². The fourth-order valence-electron chi connectivity index (χ4n) is 1.33. The Hall–Kier alpha value is -1.23. The molecule has 0 aromatic heterocycles. The highest BCUT2D eigenvalue weighted by Crippen LogP contribution is 2.32. The fourth-order valence-corrected chi connectivity index (χ4v) is 1.33. The van der Waals surface area contributed by atoms with Crippen LogP contribution in [0.15, 0.2) is 24.3 Å². The van der Waals surface area contributed by atoms with Gasteiger partial charge in [0.1, 0.15) is 5.75 Å². The van der Waals surface area contributed by atoms with Crippen molar-refractivity contribution in [3.05, 3.63) is 29.8 Å². The molecule has 0 aliphatic heterocycles. The Morgan fingerprint density at radius 2 is 1.75 bits per heavy atom. The first kappa shape index (κ1) is 12.8. The number of aliphatic hydroxyl groups is 1. The van der Waals surface area contributed by atoms with E-state index in [1.54, 1.807) is 13.0 Å². The summed E-state index contributed by atoms with van der Waals surface area (Å²) in [6, 6.07) is 5.82. The molecular formula is C11H13F3O2. The van der Waals surface area contributed by atoms with Gasteiger partial charge in [-0.15, -0.1) is 13.2 Å². The average molecular weight is 234 g/mol. The number of hydrogen-bond acceptors (Lipinski definition) is 2. The van der Waals surface area contributed by atoms with Crippen molar-refractivity contribution < 1.29 is 23.0 Å². The third kappa shape index (κ3) is 3.41. The van der Waals surface area contributed by atoms with Gasteiger partial charge < -0.3 is 9.84 Å². The molecule has 5 heteroatoms. The minimum Gasteiger partial charge on any atom is -0.405 e. The number of benzene rings is 1. The predicted molar refractivity (Wildman–Crippen MR) is 53.2 cm³/mol. The average Bonchev–Trinajstić information content (AvgIpc) is 2.15. The monoisotopic (exact) mass is 234 g/mol. The van der Waals surface area contributed by atoms with E-state index in [1.165, 1.54) is 25.1 Å². The van der Waals surface area contributed by atoms with Crippen LogP contribution in [0.2, 0.25) is 0 Å². The third-order valence-electron chi connectivity index (χ3n) is 2.36. The predicted octanol–water partition coefficient (Wildman–Crippen LogP) is 3.07. The lowest BCUT2D eigenvalue weighted by Gasteiger charge is -2.19. The number of halogens is 3. The molecule has 0 heterocycles. The Morgan fingerprint density at radius 3 is 2.25 bits per heavy atom. The smallest absolute Gasteiger partial charge is 0.405 e. The molecule has 0 saturated carbocycles. The maximum Gasteiger partial charge on any atom is 0.573 e. The van der Waals surface area contributed by atoms with Crippen molar-refractivity contribution in [1.82, 2.24) is 0 Å². The van der Waals surface area contributed by atoms with E-state index in [1.807, 2.05) is 0 Å². The first-order valence-corrected chi connectivity index (χ1v) is 4.84. The van der Waals surface area contributed by atoms with Gasteiger partial charge in [-0.3, -0.25) is 0 Å². The summed E-state index contributed by atoms with van der Waals surface area (Å²) in [6.07, 6.45) is -5.45. The van der Waals surface area contributed by atoms with E-state index in [2.05, 4.69) is 4.74 Å². The van der Waals surface area contributed by atoms with Gasteiger partial charge in [0.05, 0.1) is 6.10 Å². The molecule has 0 amide bonds. The maximum absolute atomic E-state index is 12.1. The third-order valence-corrected chi connectivity index (χ3v) is 2.36. The van der Waals surface area contributed by atoms with Crippen LogP contribution in [0.25, 0.3) is 0 Å². The van der Waals surface area contributed by atoms with Crippen LogP contribution in [0, 0.1) is 0 Å². The number of alkyl halides is 3. The minimum absolute atomic E-state index is 0.261. The van der Waals surface area contributed by atoms with Crippen molar-refractivity contribution in [1.29, 1.82) is 0 Å². The Balaban J connectivity index is 3.01. The van der Waals surface area contributed by atoms with Gasteiger partial charge in [-0.05, 0) is 18.6 Å². The number of aliphatic hydroxyl groups excluding tert-OH is 1. The van der Waals surface area contributed by atoms with E-state index in [-0.39, 0.29) is 5.75 Å². The van der Waals surface area contributed by atoms with Crippen LogP contribution < -0.4 is 4.74 Å². The van der Waals surface area contributed by atoms with Gasteiger partial charge in [-0.25, -0.2) is 0 Å². The van der Waals surface area contributed by atoms with E-state index < -0.39 is 18.4 Å². The number of ether oxygens (including phenoxy) is 1. The summed E-state index contributed by atoms with van der Waals surface area (Å²) in [7, 11) is 0. The normalized spacial score (nSPS) is 15.6. The van der Waals surface area contributed by atoms with Crippen molar-refractivity contribution in [2.45, 2.75) is 32.2 Å². The lowest BCUT2D eigenvalue weighted by Crippen LogP contribution is -2.20. The van der Waals surface area contributed by atoms with E-state index >= 15 is 0 Å². The van der Waals surface area contributed by atoms with Crippen LogP contribution in [-0.2, 0) is 0 Å². The highest BCUT2D eigenvalue weighted by molar-refractivity contribution is 5.36. The van der Waals surface area contributed by atoms with Crippen molar-refractivity contribution in [2.24, 2.45) is 0 Å². The summed E-state index contributed by atoms with van der Waals surface area (Å²) in [6.45, 7) is 3.16. The van der Waals surface area contributed by atoms with Gasteiger partial charge >= 0.3 is 6.36 Å². The molecule has 2 atom stereocenters. The van der Waals surface area contributed by atoms with Gasteiger partial charge in [0, 0.05) is 5.92 Å². The Bertz CT molecular complexity index is 347. The molecule has 1 aromatic carbocycles. The second-order valence-electron chi connectivity index (χ2n) is 3.61. The van der Waals surface area contributed by atoms with E-state index in [0.717, 1.165) is 0 Å². The van der Waals surface area contributed by atoms with Gasteiger partial charge in [-0.2, -0.15) is 0 Å². The molecule has 0 spiro atoms. The summed E-state index contributed by atoms with van der Waals surface area (Å²) >= 11 is 0.